The van der Waals surface area contributed by atoms with Gasteiger partial charge in [-0.25, -0.2) is 0 Å². The summed E-state index contributed by atoms with van der Waals surface area (Å²) < 4.78 is 0.805. The van der Waals surface area contributed by atoms with Crippen LogP contribution in [0.1, 0.15) is 30.1 Å². The van der Waals surface area contributed by atoms with E-state index in [0.717, 1.165) is 11.0 Å². The Bertz CT molecular complexity index is 429. The summed E-state index contributed by atoms with van der Waals surface area (Å²) in [5.41, 5.74) is 0.937. The molecule has 0 aliphatic heterocycles. The number of amides is 1. The maximum Gasteiger partial charge on any atom is 0.251 e. The minimum Gasteiger partial charge on any atom is -0.351 e. The lowest BCUT2D eigenvalue weighted by Gasteiger charge is -2.10. The second-order valence-electron chi connectivity index (χ2n) is 4.62. The van der Waals surface area contributed by atoms with Gasteiger partial charge < -0.3 is 5.32 Å². The van der Waals surface area contributed by atoms with Crippen LogP contribution in [0.2, 0.25) is 5.02 Å². The minimum atomic E-state index is -0.0532. The Morgan fingerprint density at radius 2 is 2.25 bits per heavy atom. The Hall–Kier alpha value is -0.540. The lowest BCUT2D eigenvalue weighted by molar-refractivity contribution is 0.0946. The van der Waals surface area contributed by atoms with E-state index in [9.17, 15) is 4.79 Å². The van der Waals surface area contributed by atoms with E-state index in [1.54, 1.807) is 18.2 Å². The van der Waals surface area contributed by atoms with Gasteiger partial charge in [0.05, 0.1) is 5.02 Å². The summed E-state index contributed by atoms with van der Waals surface area (Å²) >= 11 is 9.23. The molecule has 1 aliphatic carbocycles. The highest BCUT2D eigenvalue weighted by atomic mass is 79.9. The van der Waals surface area contributed by atoms with Gasteiger partial charge in [-0.2, -0.15) is 0 Å². The highest BCUT2D eigenvalue weighted by Crippen LogP contribution is 2.44. The predicted octanol–water partition coefficient (Wildman–Crippen LogP) is 3.63. The first-order chi connectivity index (χ1) is 7.50. The third kappa shape index (κ3) is 2.77. The van der Waals surface area contributed by atoms with Gasteiger partial charge in [0.1, 0.15) is 0 Å². The van der Waals surface area contributed by atoms with Gasteiger partial charge in [0, 0.05) is 16.6 Å². The van der Waals surface area contributed by atoms with Crippen molar-refractivity contribution >= 4 is 33.4 Å². The molecule has 1 aliphatic rings. The SMILES string of the molecule is CC1(CNC(=O)c2ccc(Br)c(Cl)c2)CC1. The topological polar surface area (TPSA) is 29.1 Å². The lowest BCUT2D eigenvalue weighted by atomic mass is 10.1. The number of nitrogens with one attached hydrogen (secondary N) is 1. The average molecular weight is 303 g/mol. The Morgan fingerprint density at radius 3 is 2.81 bits per heavy atom. The molecule has 1 aromatic carbocycles. The van der Waals surface area contributed by atoms with E-state index in [1.807, 2.05) is 0 Å². The van der Waals surface area contributed by atoms with Crippen LogP contribution in [0.5, 0.6) is 0 Å². The number of benzene rings is 1. The first kappa shape index (κ1) is 11.9. The fourth-order valence-electron chi connectivity index (χ4n) is 1.42. The van der Waals surface area contributed by atoms with Gasteiger partial charge in [-0.05, 0) is 52.4 Å². The summed E-state index contributed by atoms with van der Waals surface area (Å²) in [5.74, 6) is -0.0532. The molecule has 0 atom stereocenters. The van der Waals surface area contributed by atoms with Crippen molar-refractivity contribution in [2.45, 2.75) is 19.8 Å². The van der Waals surface area contributed by atoms with Gasteiger partial charge in [0.15, 0.2) is 0 Å². The molecule has 16 heavy (non-hydrogen) atoms. The summed E-state index contributed by atoms with van der Waals surface area (Å²) in [4.78, 5) is 11.8. The van der Waals surface area contributed by atoms with Crippen LogP contribution in [0.3, 0.4) is 0 Å². The maximum absolute atomic E-state index is 11.8. The number of rotatable bonds is 3. The zero-order valence-corrected chi connectivity index (χ0v) is 11.4. The van der Waals surface area contributed by atoms with Crippen molar-refractivity contribution in [1.82, 2.24) is 5.32 Å². The summed E-state index contributed by atoms with van der Waals surface area (Å²) in [6.45, 7) is 2.93. The molecule has 1 amide bonds. The van der Waals surface area contributed by atoms with Crippen molar-refractivity contribution in [2.75, 3.05) is 6.54 Å². The first-order valence-corrected chi connectivity index (χ1v) is 6.41. The smallest absolute Gasteiger partial charge is 0.251 e. The molecule has 4 heteroatoms. The summed E-state index contributed by atoms with van der Waals surface area (Å²) in [6, 6.07) is 5.23. The van der Waals surface area contributed by atoms with E-state index in [-0.39, 0.29) is 5.91 Å². The van der Waals surface area contributed by atoms with Crippen molar-refractivity contribution in [3.63, 3.8) is 0 Å². The fourth-order valence-corrected chi connectivity index (χ4v) is 1.85. The molecule has 1 saturated carbocycles. The quantitative estimate of drug-likeness (QED) is 0.907. The van der Waals surface area contributed by atoms with E-state index in [0.29, 0.717) is 16.0 Å². The van der Waals surface area contributed by atoms with Crippen molar-refractivity contribution in [2.24, 2.45) is 5.41 Å². The normalized spacial score (nSPS) is 16.9. The van der Waals surface area contributed by atoms with Crippen LogP contribution in [0.15, 0.2) is 22.7 Å². The predicted molar refractivity (Wildman–Crippen MR) is 68.8 cm³/mol. The molecule has 0 spiro atoms. The van der Waals surface area contributed by atoms with Crippen molar-refractivity contribution in [3.05, 3.63) is 33.3 Å². The van der Waals surface area contributed by atoms with Crippen LogP contribution >= 0.6 is 27.5 Å². The van der Waals surface area contributed by atoms with Gasteiger partial charge in [-0.3, -0.25) is 4.79 Å². The summed E-state index contributed by atoms with van der Waals surface area (Å²) in [7, 11) is 0. The molecule has 0 aromatic heterocycles. The van der Waals surface area contributed by atoms with Crippen molar-refractivity contribution in [3.8, 4) is 0 Å². The third-order valence-corrected chi connectivity index (χ3v) is 4.19. The van der Waals surface area contributed by atoms with Crippen LogP contribution in [-0.2, 0) is 0 Å². The van der Waals surface area contributed by atoms with Crippen LogP contribution in [0.4, 0.5) is 0 Å². The van der Waals surface area contributed by atoms with Gasteiger partial charge in [0.2, 0.25) is 0 Å². The monoisotopic (exact) mass is 301 g/mol. The third-order valence-electron chi connectivity index (χ3n) is 2.96. The van der Waals surface area contributed by atoms with Gasteiger partial charge in [-0.1, -0.05) is 18.5 Å². The highest BCUT2D eigenvalue weighted by molar-refractivity contribution is 9.10. The Balaban J connectivity index is 2.00. The van der Waals surface area contributed by atoms with Crippen LogP contribution in [-0.4, -0.2) is 12.5 Å². The summed E-state index contributed by atoms with van der Waals surface area (Å²) in [6.07, 6.45) is 2.41. The van der Waals surface area contributed by atoms with Gasteiger partial charge in [-0.15, -0.1) is 0 Å². The average Bonchev–Trinajstić information content (AvgIpc) is 2.98. The van der Waals surface area contributed by atoms with Crippen molar-refractivity contribution < 1.29 is 4.79 Å². The molecule has 1 fully saturated rings. The molecular formula is C12H13BrClNO. The number of carbonyl (C=O) groups is 1. The zero-order chi connectivity index (χ0) is 11.8. The molecule has 0 unspecified atom stereocenters. The Kier molecular flexibility index (Phi) is 3.27. The maximum atomic E-state index is 11.8. The molecule has 1 aromatic rings. The Labute approximate surface area is 108 Å². The molecule has 86 valence electrons. The number of hydrogen-bond donors (Lipinski definition) is 1. The molecule has 0 bridgehead atoms. The molecule has 0 heterocycles. The van der Waals surface area contributed by atoms with E-state index < -0.39 is 0 Å². The Morgan fingerprint density at radius 1 is 1.56 bits per heavy atom. The number of halogens is 2. The number of hydrogen-bond acceptors (Lipinski definition) is 1. The second-order valence-corrected chi connectivity index (χ2v) is 5.88. The fraction of sp³-hybridized carbons (Fsp3) is 0.417. The van der Waals surface area contributed by atoms with Gasteiger partial charge in [0.25, 0.3) is 5.91 Å². The largest absolute Gasteiger partial charge is 0.351 e. The molecule has 1 N–H and O–H groups in total. The van der Waals surface area contributed by atoms with E-state index in [4.69, 9.17) is 11.6 Å². The molecular weight excluding hydrogens is 289 g/mol. The second kappa shape index (κ2) is 4.38. The zero-order valence-electron chi connectivity index (χ0n) is 9.02. The summed E-state index contributed by atoms with van der Waals surface area (Å²) in [5, 5.41) is 3.50. The standard InChI is InChI=1S/C12H13BrClNO/c1-12(4-5-12)7-15-11(16)8-2-3-9(13)10(14)6-8/h2-3,6H,4-5,7H2,1H3,(H,15,16). The molecule has 0 radical (unpaired) electrons. The van der Waals surface area contributed by atoms with E-state index in [2.05, 4.69) is 28.2 Å². The van der Waals surface area contributed by atoms with Gasteiger partial charge >= 0.3 is 0 Å². The van der Waals surface area contributed by atoms with Crippen molar-refractivity contribution in [1.29, 1.82) is 0 Å². The van der Waals surface area contributed by atoms with Crippen LogP contribution in [0, 0.1) is 5.41 Å². The number of carbonyl (C=O) groups excluding carboxylic acids is 1. The highest BCUT2D eigenvalue weighted by Gasteiger charge is 2.37. The van der Waals surface area contributed by atoms with E-state index >= 15 is 0 Å². The van der Waals surface area contributed by atoms with Crippen LogP contribution < -0.4 is 5.32 Å². The molecule has 0 saturated heterocycles. The van der Waals surface area contributed by atoms with E-state index in [1.165, 1.54) is 12.8 Å². The molecule has 2 nitrogen and oxygen atoms in total. The first-order valence-electron chi connectivity index (χ1n) is 5.23. The van der Waals surface area contributed by atoms with Crippen LogP contribution in [0.25, 0.3) is 0 Å². The lowest BCUT2D eigenvalue weighted by Crippen LogP contribution is -2.28. The molecule has 2 rings (SSSR count). The minimum absolute atomic E-state index is 0.0532.